The van der Waals surface area contributed by atoms with Crippen molar-refractivity contribution in [2.75, 3.05) is 0 Å². The van der Waals surface area contributed by atoms with Crippen LogP contribution in [-0.4, -0.2) is 39.8 Å². The Morgan fingerprint density at radius 2 is 2.16 bits per heavy atom. The average Bonchev–Trinajstić information content (AvgIpc) is 3.29. The van der Waals surface area contributed by atoms with Crippen LogP contribution in [0.2, 0.25) is 0 Å². The third-order valence-electron chi connectivity index (χ3n) is 3.54. The van der Waals surface area contributed by atoms with Crippen LogP contribution < -0.4 is 0 Å². The number of hydrogen-bond donors (Lipinski definition) is 1. The molecular formula is C14H11N11. The molecule has 0 aromatic carbocycles. The molecular weight excluding hydrogens is 322 g/mol. The van der Waals surface area contributed by atoms with Crippen molar-refractivity contribution in [3.63, 3.8) is 0 Å². The summed E-state index contributed by atoms with van der Waals surface area (Å²) in [6.07, 6.45) is 2.96. The number of fused-ring (bicyclic) bond motifs is 1. The first-order valence-electron chi connectivity index (χ1n) is 7.27. The monoisotopic (exact) mass is 333 g/mol. The van der Waals surface area contributed by atoms with Crippen LogP contribution in [0.4, 0.5) is 11.5 Å². The van der Waals surface area contributed by atoms with Gasteiger partial charge in [-0.25, -0.2) is 0 Å². The second kappa shape index (κ2) is 5.60. The molecule has 4 heterocycles. The summed E-state index contributed by atoms with van der Waals surface area (Å²) < 4.78 is 3.05. The number of aromatic amines is 1. The van der Waals surface area contributed by atoms with E-state index in [2.05, 4.69) is 40.8 Å². The lowest BCUT2D eigenvalue weighted by molar-refractivity contribution is 0.809. The Morgan fingerprint density at radius 3 is 2.92 bits per heavy atom. The minimum atomic E-state index is 0.262. The van der Waals surface area contributed by atoms with Gasteiger partial charge in [0.05, 0.1) is 11.9 Å². The molecule has 4 aromatic heterocycles. The van der Waals surface area contributed by atoms with E-state index in [-0.39, 0.29) is 11.4 Å². The van der Waals surface area contributed by atoms with Crippen molar-refractivity contribution in [2.45, 2.75) is 13.8 Å². The minimum absolute atomic E-state index is 0.262. The first-order valence-corrected chi connectivity index (χ1v) is 7.27. The molecule has 4 rings (SSSR count). The summed E-state index contributed by atoms with van der Waals surface area (Å²) in [4.78, 5) is 0. The molecule has 0 radical (unpaired) electrons. The molecule has 1 N–H and O–H groups in total. The van der Waals surface area contributed by atoms with Gasteiger partial charge in [-0.15, -0.1) is 15.3 Å². The Morgan fingerprint density at radius 1 is 1.28 bits per heavy atom. The number of nitrogens with one attached hydrogen (secondary N) is 1. The fraction of sp³-hybridized carbons (Fsp3) is 0.143. The number of H-pyrrole nitrogens is 1. The minimum Gasteiger partial charge on any atom is -0.258 e. The van der Waals surface area contributed by atoms with Gasteiger partial charge < -0.3 is 0 Å². The van der Waals surface area contributed by atoms with Gasteiger partial charge >= 0.3 is 0 Å². The molecule has 0 amide bonds. The highest BCUT2D eigenvalue weighted by atomic mass is 15.4. The zero-order valence-electron chi connectivity index (χ0n) is 13.3. The molecule has 11 nitrogen and oxygen atoms in total. The second-order valence-electron chi connectivity index (χ2n) is 5.15. The predicted molar refractivity (Wildman–Crippen MR) is 84.9 cm³/mol. The van der Waals surface area contributed by atoms with Crippen molar-refractivity contribution in [1.82, 2.24) is 39.8 Å². The van der Waals surface area contributed by atoms with Crippen LogP contribution in [-0.2, 0) is 0 Å². The quantitative estimate of drug-likeness (QED) is 0.568. The summed E-state index contributed by atoms with van der Waals surface area (Å²) in [6.45, 7) is 3.65. The van der Waals surface area contributed by atoms with Crippen LogP contribution in [0.15, 0.2) is 34.8 Å². The van der Waals surface area contributed by atoms with Crippen molar-refractivity contribution < 1.29 is 0 Å². The summed E-state index contributed by atoms with van der Waals surface area (Å²) in [5.41, 5.74) is 2.13. The van der Waals surface area contributed by atoms with E-state index in [0.29, 0.717) is 28.7 Å². The van der Waals surface area contributed by atoms with Gasteiger partial charge in [0.1, 0.15) is 17.5 Å². The number of azo groups is 1. The van der Waals surface area contributed by atoms with E-state index in [1.165, 1.54) is 10.9 Å². The fourth-order valence-corrected chi connectivity index (χ4v) is 2.34. The van der Waals surface area contributed by atoms with Gasteiger partial charge in [-0.05, 0) is 26.0 Å². The third kappa shape index (κ3) is 2.32. The highest BCUT2D eigenvalue weighted by Gasteiger charge is 2.16. The summed E-state index contributed by atoms with van der Waals surface area (Å²) in [5.74, 6) is 1.41. The van der Waals surface area contributed by atoms with E-state index < -0.39 is 0 Å². The van der Waals surface area contributed by atoms with Crippen molar-refractivity contribution >= 4 is 17.2 Å². The lowest BCUT2D eigenvalue weighted by Gasteiger charge is -2.00. The summed E-state index contributed by atoms with van der Waals surface area (Å²) in [7, 11) is 0. The molecule has 0 aliphatic rings. The van der Waals surface area contributed by atoms with E-state index in [1.807, 2.05) is 19.9 Å². The Balaban J connectivity index is 1.83. The van der Waals surface area contributed by atoms with Gasteiger partial charge in [-0.3, -0.25) is 5.10 Å². The molecule has 0 aliphatic carbocycles. The molecule has 0 fully saturated rings. The Bertz CT molecular complexity index is 1120. The maximum atomic E-state index is 9.29. The zero-order chi connectivity index (χ0) is 17.4. The van der Waals surface area contributed by atoms with E-state index >= 15 is 0 Å². The second-order valence-corrected chi connectivity index (χ2v) is 5.15. The Kier molecular flexibility index (Phi) is 3.28. The fourth-order valence-electron chi connectivity index (χ4n) is 2.34. The van der Waals surface area contributed by atoms with E-state index in [4.69, 9.17) is 0 Å². The molecule has 0 aliphatic heterocycles. The van der Waals surface area contributed by atoms with Crippen molar-refractivity contribution in [2.24, 2.45) is 10.2 Å². The average molecular weight is 333 g/mol. The third-order valence-corrected chi connectivity index (χ3v) is 3.54. The van der Waals surface area contributed by atoms with E-state index in [1.54, 1.807) is 22.8 Å². The molecule has 0 saturated heterocycles. The first kappa shape index (κ1) is 14.6. The van der Waals surface area contributed by atoms with Gasteiger partial charge in [0.25, 0.3) is 0 Å². The van der Waals surface area contributed by atoms with Gasteiger partial charge in [0.15, 0.2) is 23.0 Å². The Labute approximate surface area is 140 Å². The Hall–Kier alpha value is -3.94. The molecule has 0 unspecified atom stereocenters. The largest absolute Gasteiger partial charge is 0.258 e. The maximum Gasteiger partial charge on any atom is 0.197 e. The van der Waals surface area contributed by atoms with Crippen molar-refractivity contribution in [3.8, 4) is 11.9 Å². The van der Waals surface area contributed by atoms with Gasteiger partial charge in [-0.1, -0.05) is 0 Å². The molecule has 4 aromatic rings. The molecule has 0 atom stereocenters. The molecule has 25 heavy (non-hydrogen) atoms. The molecule has 122 valence electrons. The topological polar surface area (TPSA) is 138 Å². The number of aryl methyl sites for hydroxylation is 2. The van der Waals surface area contributed by atoms with Crippen LogP contribution in [0.25, 0.3) is 11.5 Å². The van der Waals surface area contributed by atoms with Crippen LogP contribution in [0.3, 0.4) is 0 Å². The van der Waals surface area contributed by atoms with Crippen LogP contribution in [0.5, 0.6) is 0 Å². The number of nitrogens with zero attached hydrogens (tertiary/aromatic N) is 10. The highest BCUT2D eigenvalue weighted by Crippen LogP contribution is 2.28. The smallest absolute Gasteiger partial charge is 0.197 e. The SMILES string of the molecule is Cc1nn2c(C)n[nH]c2c1/N=N/c1c(C#N)cnn1-c1cccnn1. The molecule has 0 spiro atoms. The summed E-state index contributed by atoms with van der Waals surface area (Å²) in [6, 6.07) is 5.47. The summed E-state index contributed by atoms with van der Waals surface area (Å²) in [5, 5.41) is 41.0. The number of hydrogen-bond acceptors (Lipinski definition) is 8. The van der Waals surface area contributed by atoms with Crippen LogP contribution >= 0.6 is 0 Å². The zero-order valence-corrected chi connectivity index (χ0v) is 13.3. The predicted octanol–water partition coefficient (Wildman–Crippen LogP) is 1.94. The van der Waals surface area contributed by atoms with Crippen LogP contribution in [0.1, 0.15) is 17.1 Å². The number of nitriles is 1. The highest BCUT2D eigenvalue weighted by molar-refractivity contribution is 5.66. The van der Waals surface area contributed by atoms with E-state index in [9.17, 15) is 5.26 Å². The normalized spacial score (nSPS) is 11.4. The van der Waals surface area contributed by atoms with Gasteiger partial charge in [-0.2, -0.15) is 34.9 Å². The molecule has 0 saturated carbocycles. The van der Waals surface area contributed by atoms with Gasteiger partial charge in [0, 0.05) is 6.20 Å². The summed E-state index contributed by atoms with van der Waals surface area (Å²) >= 11 is 0. The van der Waals surface area contributed by atoms with Crippen molar-refractivity contribution in [3.05, 3.63) is 41.6 Å². The lowest BCUT2D eigenvalue weighted by atomic mass is 10.3. The molecule has 0 bridgehead atoms. The van der Waals surface area contributed by atoms with Crippen LogP contribution in [0, 0.1) is 25.2 Å². The standard InChI is InChI=1S/C14H11N11/c1-8-12(14-22-18-9(2)24(14)23-8)20-21-13-10(6-15)7-17-25(13)11-4-3-5-16-19-11/h3-5,7,22H,1-2H3/b21-20+. The van der Waals surface area contributed by atoms with Crippen molar-refractivity contribution in [1.29, 1.82) is 5.26 Å². The molecule has 11 heteroatoms. The number of rotatable bonds is 3. The number of aromatic nitrogens is 8. The lowest BCUT2D eigenvalue weighted by Crippen LogP contribution is -1.99. The maximum absolute atomic E-state index is 9.29. The van der Waals surface area contributed by atoms with Gasteiger partial charge in [0.2, 0.25) is 0 Å². The van der Waals surface area contributed by atoms with E-state index in [0.717, 1.165) is 0 Å². The first-order chi connectivity index (χ1) is 12.2.